The van der Waals surface area contributed by atoms with Crippen molar-refractivity contribution < 1.29 is 8.42 Å². The third kappa shape index (κ3) is 3.94. The van der Waals surface area contributed by atoms with Gasteiger partial charge in [0, 0.05) is 19.3 Å². The molecule has 24 heavy (non-hydrogen) atoms. The van der Waals surface area contributed by atoms with E-state index in [-0.39, 0.29) is 16.5 Å². The Morgan fingerprint density at radius 1 is 1.21 bits per heavy atom. The van der Waals surface area contributed by atoms with Crippen LogP contribution >= 0.6 is 0 Å². The summed E-state index contributed by atoms with van der Waals surface area (Å²) in [6.07, 6.45) is 6.20. The number of allylic oxidation sites excluding steroid dienone is 1. The SMILES string of the molecule is CN(C1CCCCC1)S(=O)(=O)c1ccccc1NC=C(C#N)C#N. The highest BCUT2D eigenvalue weighted by Gasteiger charge is 2.30. The van der Waals surface area contributed by atoms with Crippen molar-refractivity contribution in [1.29, 1.82) is 10.5 Å². The molecule has 7 heteroatoms. The molecule has 0 bridgehead atoms. The van der Waals surface area contributed by atoms with Gasteiger partial charge in [-0.15, -0.1) is 0 Å². The molecule has 0 amide bonds. The van der Waals surface area contributed by atoms with Crippen LogP contribution in [0.5, 0.6) is 0 Å². The van der Waals surface area contributed by atoms with Gasteiger partial charge in [0.25, 0.3) is 0 Å². The summed E-state index contributed by atoms with van der Waals surface area (Å²) in [5.74, 6) is 0. The lowest BCUT2D eigenvalue weighted by Gasteiger charge is -2.30. The second-order valence-electron chi connectivity index (χ2n) is 5.74. The Hall–Kier alpha value is -2.35. The first kappa shape index (κ1) is 18.0. The van der Waals surface area contributed by atoms with Crippen molar-refractivity contribution in [3.8, 4) is 12.1 Å². The van der Waals surface area contributed by atoms with Gasteiger partial charge < -0.3 is 5.32 Å². The van der Waals surface area contributed by atoms with Gasteiger partial charge in [-0.2, -0.15) is 14.8 Å². The average Bonchev–Trinajstić information content (AvgIpc) is 2.63. The number of rotatable bonds is 5. The Labute approximate surface area is 143 Å². The Balaban J connectivity index is 2.32. The molecule has 1 aliphatic carbocycles. The van der Waals surface area contributed by atoms with Gasteiger partial charge in [-0.05, 0) is 25.0 Å². The van der Waals surface area contributed by atoms with Crippen molar-refractivity contribution in [3.63, 3.8) is 0 Å². The summed E-state index contributed by atoms with van der Waals surface area (Å²) in [5, 5.41) is 20.3. The first-order valence-corrected chi connectivity index (χ1v) is 9.28. The second-order valence-corrected chi connectivity index (χ2v) is 7.70. The van der Waals surface area contributed by atoms with Crippen LogP contribution in [0.25, 0.3) is 0 Å². The molecule has 0 heterocycles. The van der Waals surface area contributed by atoms with E-state index in [2.05, 4.69) is 5.32 Å². The van der Waals surface area contributed by atoms with Crippen LogP contribution < -0.4 is 5.32 Å². The van der Waals surface area contributed by atoms with E-state index in [9.17, 15) is 8.42 Å². The number of hydrogen-bond acceptors (Lipinski definition) is 5. The lowest BCUT2D eigenvalue weighted by atomic mass is 9.96. The van der Waals surface area contributed by atoms with E-state index >= 15 is 0 Å². The van der Waals surface area contributed by atoms with Gasteiger partial charge in [-0.3, -0.25) is 0 Å². The van der Waals surface area contributed by atoms with Crippen molar-refractivity contribution in [1.82, 2.24) is 4.31 Å². The number of benzene rings is 1. The summed E-state index contributed by atoms with van der Waals surface area (Å²) >= 11 is 0. The molecule has 126 valence electrons. The quantitative estimate of drug-likeness (QED) is 0.828. The monoisotopic (exact) mass is 344 g/mol. The molecule has 0 saturated heterocycles. The standard InChI is InChI=1S/C17H20N4O2S/c1-21(15-7-3-2-4-8-15)24(22,23)17-10-6-5-9-16(17)20-13-14(11-18)12-19/h5-6,9-10,13,15,20H,2-4,7-8H2,1H3. The minimum absolute atomic E-state index is 0.0149. The maximum atomic E-state index is 13.0. The first-order valence-electron chi connectivity index (χ1n) is 7.84. The van der Waals surface area contributed by atoms with Crippen LogP contribution in [0.2, 0.25) is 0 Å². The Bertz CT molecular complexity index is 781. The molecule has 1 saturated carbocycles. The maximum Gasteiger partial charge on any atom is 0.245 e. The van der Waals surface area contributed by atoms with E-state index in [0.717, 1.165) is 32.1 Å². The zero-order valence-electron chi connectivity index (χ0n) is 13.6. The third-order valence-electron chi connectivity index (χ3n) is 4.25. The second kappa shape index (κ2) is 7.96. The van der Waals surface area contributed by atoms with Crippen molar-refractivity contribution in [3.05, 3.63) is 36.0 Å². The summed E-state index contributed by atoms with van der Waals surface area (Å²) in [6, 6.07) is 9.99. The van der Waals surface area contributed by atoms with Gasteiger partial charge >= 0.3 is 0 Å². The predicted molar refractivity (Wildman–Crippen MR) is 91.2 cm³/mol. The molecule has 0 unspecified atom stereocenters. The fourth-order valence-corrected chi connectivity index (χ4v) is 4.42. The molecular formula is C17H20N4O2S. The minimum Gasteiger partial charge on any atom is -0.359 e. The lowest BCUT2D eigenvalue weighted by molar-refractivity contribution is 0.286. The number of para-hydroxylation sites is 1. The first-order chi connectivity index (χ1) is 11.5. The summed E-state index contributed by atoms with van der Waals surface area (Å²) < 4.78 is 27.4. The van der Waals surface area contributed by atoms with Crippen molar-refractivity contribution in [2.45, 2.75) is 43.0 Å². The van der Waals surface area contributed by atoms with Crippen LogP contribution in [-0.2, 0) is 10.0 Å². The largest absolute Gasteiger partial charge is 0.359 e. The molecule has 0 aliphatic heterocycles. The summed E-state index contributed by atoms with van der Waals surface area (Å²) in [5.41, 5.74) is 0.228. The van der Waals surface area contributed by atoms with Gasteiger partial charge in [-0.1, -0.05) is 31.4 Å². The van der Waals surface area contributed by atoms with E-state index in [4.69, 9.17) is 10.5 Å². The number of nitriles is 2. The van der Waals surface area contributed by atoms with E-state index in [1.807, 2.05) is 0 Å². The number of nitrogens with one attached hydrogen (secondary N) is 1. The summed E-state index contributed by atoms with van der Waals surface area (Å²) in [4.78, 5) is 0.143. The van der Waals surface area contributed by atoms with Crippen LogP contribution in [0.1, 0.15) is 32.1 Å². The molecule has 0 aromatic heterocycles. The van der Waals surface area contributed by atoms with Crippen LogP contribution in [-0.4, -0.2) is 25.8 Å². The highest BCUT2D eigenvalue weighted by molar-refractivity contribution is 7.89. The predicted octanol–water partition coefficient (Wildman–Crippen LogP) is 2.98. The van der Waals surface area contributed by atoms with Crippen LogP contribution in [0.15, 0.2) is 40.9 Å². The van der Waals surface area contributed by atoms with E-state index < -0.39 is 10.0 Å². The smallest absolute Gasteiger partial charge is 0.245 e. The van der Waals surface area contributed by atoms with Gasteiger partial charge in [0.2, 0.25) is 10.0 Å². The molecule has 1 aliphatic rings. The molecule has 1 N–H and O–H groups in total. The molecule has 1 fully saturated rings. The van der Waals surface area contributed by atoms with Gasteiger partial charge in [0.05, 0.1) is 5.69 Å². The van der Waals surface area contributed by atoms with E-state index in [1.54, 1.807) is 37.4 Å². The number of nitrogens with zero attached hydrogens (tertiary/aromatic N) is 3. The Morgan fingerprint density at radius 3 is 2.46 bits per heavy atom. The lowest BCUT2D eigenvalue weighted by Crippen LogP contribution is -2.38. The zero-order chi connectivity index (χ0) is 17.6. The maximum absolute atomic E-state index is 13.0. The highest BCUT2D eigenvalue weighted by Crippen LogP contribution is 2.29. The Kier molecular flexibility index (Phi) is 5.97. The molecule has 0 radical (unpaired) electrons. The van der Waals surface area contributed by atoms with Gasteiger partial charge in [0.1, 0.15) is 22.6 Å². The molecule has 0 spiro atoms. The van der Waals surface area contributed by atoms with Crippen LogP contribution in [0.3, 0.4) is 0 Å². The van der Waals surface area contributed by atoms with Crippen molar-refractivity contribution in [2.75, 3.05) is 12.4 Å². The van der Waals surface area contributed by atoms with E-state index in [1.165, 1.54) is 16.6 Å². The minimum atomic E-state index is -3.65. The van der Waals surface area contributed by atoms with Crippen LogP contribution in [0.4, 0.5) is 5.69 Å². The zero-order valence-corrected chi connectivity index (χ0v) is 14.4. The van der Waals surface area contributed by atoms with Gasteiger partial charge in [-0.25, -0.2) is 8.42 Å². The summed E-state index contributed by atoms with van der Waals surface area (Å²) in [6.45, 7) is 0. The highest BCUT2D eigenvalue weighted by atomic mass is 32.2. The van der Waals surface area contributed by atoms with Crippen molar-refractivity contribution >= 4 is 15.7 Å². The molecule has 2 rings (SSSR count). The average molecular weight is 344 g/mol. The fraction of sp³-hybridized carbons (Fsp3) is 0.412. The van der Waals surface area contributed by atoms with Gasteiger partial charge in [0.15, 0.2) is 0 Å². The molecular weight excluding hydrogens is 324 g/mol. The normalized spacial score (nSPS) is 15.3. The topological polar surface area (TPSA) is 97.0 Å². The number of hydrogen-bond donors (Lipinski definition) is 1. The molecule has 6 nitrogen and oxygen atoms in total. The molecule has 0 atom stereocenters. The molecule has 1 aromatic carbocycles. The number of anilines is 1. The van der Waals surface area contributed by atoms with Crippen LogP contribution in [0, 0.1) is 22.7 Å². The third-order valence-corrected chi connectivity index (χ3v) is 6.21. The van der Waals surface area contributed by atoms with Crippen molar-refractivity contribution in [2.24, 2.45) is 0 Å². The fourth-order valence-electron chi connectivity index (χ4n) is 2.85. The van der Waals surface area contributed by atoms with E-state index in [0.29, 0.717) is 5.69 Å². The Morgan fingerprint density at radius 2 is 1.83 bits per heavy atom. The number of sulfonamides is 1. The summed E-state index contributed by atoms with van der Waals surface area (Å²) in [7, 11) is -2.04. The molecule has 1 aromatic rings.